The number of hydrogen-bond donors (Lipinski definition) is 0. The lowest BCUT2D eigenvalue weighted by molar-refractivity contribution is 0.328. The van der Waals surface area contributed by atoms with E-state index in [1.807, 2.05) is 74.4 Å². The molecule has 2 aromatic carbocycles. The van der Waals surface area contributed by atoms with Gasteiger partial charge in [0, 0.05) is 33.8 Å². The van der Waals surface area contributed by atoms with E-state index in [1.165, 1.54) is 0 Å². The highest BCUT2D eigenvalue weighted by atomic mass is 16.5. The molecule has 0 bridgehead atoms. The van der Waals surface area contributed by atoms with Gasteiger partial charge in [-0.25, -0.2) is 4.99 Å². The highest BCUT2D eigenvalue weighted by Crippen LogP contribution is 2.29. The van der Waals surface area contributed by atoms with Crippen LogP contribution in [0.3, 0.4) is 0 Å². The Morgan fingerprint density at radius 2 is 1.48 bits per heavy atom. The Morgan fingerprint density at radius 3 is 2.13 bits per heavy atom. The predicted molar refractivity (Wildman–Crippen MR) is 97.0 cm³/mol. The van der Waals surface area contributed by atoms with Crippen LogP contribution < -0.4 is 4.74 Å². The minimum absolute atomic E-state index is 0.551. The molecule has 0 saturated carbocycles. The first-order chi connectivity index (χ1) is 11.1. The van der Waals surface area contributed by atoms with Crippen LogP contribution in [0.1, 0.15) is 0 Å². The van der Waals surface area contributed by atoms with Crippen LogP contribution in [0.5, 0.6) is 5.75 Å². The molecule has 122 valence electrons. The van der Waals surface area contributed by atoms with Crippen molar-refractivity contribution in [1.82, 2.24) is 9.80 Å². The molecular formula is C19H25N3O. The van der Waals surface area contributed by atoms with E-state index in [1.54, 1.807) is 0 Å². The molecule has 4 heteroatoms. The number of rotatable bonds is 5. The highest BCUT2D eigenvalue weighted by molar-refractivity contribution is 5.79. The van der Waals surface area contributed by atoms with Crippen LogP contribution >= 0.6 is 0 Å². The normalized spacial score (nSPS) is 10.1. The zero-order chi connectivity index (χ0) is 16.7. The predicted octanol–water partition coefficient (Wildman–Crippen LogP) is 3.21. The van der Waals surface area contributed by atoms with Crippen LogP contribution in [-0.2, 0) is 0 Å². The van der Waals surface area contributed by atoms with Crippen LogP contribution in [0.25, 0.3) is 11.1 Å². The first kappa shape index (κ1) is 16.9. The lowest BCUT2D eigenvalue weighted by Gasteiger charge is -2.22. The molecular weight excluding hydrogens is 286 g/mol. The maximum absolute atomic E-state index is 5.96. The number of ether oxygens (including phenoxy) is 1. The average molecular weight is 311 g/mol. The van der Waals surface area contributed by atoms with Gasteiger partial charge in [-0.2, -0.15) is 0 Å². The van der Waals surface area contributed by atoms with Crippen molar-refractivity contribution >= 4 is 5.96 Å². The van der Waals surface area contributed by atoms with Gasteiger partial charge < -0.3 is 14.5 Å². The molecule has 0 unspecified atom stereocenters. The van der Waals surface area contributed by atoms with E-state index in [4.69, 9.17) is 4.74 Å². The Kier molecular flexibility index (Phi) is 6.03. The largest absolute Gasteiger partial charge is 0.491 e. The van der Waals surface area contributed by atoms with Crippen LogP contribution in [0, 0.1) is 0 Å². The molecule has 2 aromatic rings. The fourth-order valence-electron chi connectivity index (χ4n) is 2.43. The zero-order valence-electron chi connectivity index (χ0n) is 14.4. The molecule has 0 aliphatic rings. The van der Waals surface area contributed by atoms with Crippen LogP contribution in [0.2, 0.25) is 0 Å². The molecule has 0 aromatic heterocycles. The number of nitrogens with zero attached hydrogens (tertiary/aromatic N) is 3. The van der Waals surface area contributed by atoms with Gasteiger partial charge in [0.25, 0.3) is 0 Å². The molecule has 0 amide bonds. The summed E-state index contributed by atoms with van der Waals surface area (Å²) in [5.74, 6) is 1.83. The summed E-state index contributed by atoms with van der Waals surface area (Å²) in [4.78, 5) is 8.58. The van der Waals surface area contributed by atoms with Crippen molar-refractivity contribution in [1.29, 1.82) is 0 Å². The number of para-hydroxylation sites is 1. The van der Waals surface area contributed by atoms with Crippen molar-refractivity contribution in [3.63, 3.8) is 0 Å². The summed E-state index contributed by atoms with van der Waals surface area (Å²) in [5.41, 5.74) is 2.27. The zero-order valence-corrected chi connectivity index (χ0v) is 14.4. The lowest BCUT2D eigenvalue weighted by atomic mass is 10.1. The average Bonchev–Trinajstić information content (AvgIpc) is 2.55. The van der Waals surface area contributed by atoms with E-state index < -0.39 is 0 Å². The second kappa shape index (κ2) is 8.22. The molecule has 0 radical (unpaired) electrons. The summed E-state index contributed by atoms with van der Waals surface area (Å²) >= 11 is 0. The maximum atomic E-state index is 5.96. The highest BCUT2D eigenvalue weighted by Gasteiger charge is 2.06. The second-order valence-electron chi connectivity index (χ2n) is 5.68. The van der Waals surface area contributed by atoms with Gasteiger partial charge in [0.1, 0.15) is 12.4 Å². The summed E-state index contributed by atoms with van der Waals surface area (Å²) in [6.45, 7) is 1.17. The van der Waals surface area contributed by atoms with Crippen LogP contribution in [0.4, 0.5) is 0 Å². The first-order valence-electron chi connectivity index (χ1n) is 7.76. The topological polar surface area (TPSA) is 28.1 Å². The summed E-state index contributed by atoms with van der Waals surface area (Å²) < 4.78 is 5.96. The first-order valence-corrected chi connectivity index (χ1v) is 7.76. The van der Waals surface area contributed by atoms with Crippen molar-refractivity contribution in [2.75, 3.05) is 41.3 Å². The molecule has 4 nitrogen and oxygen atoms in total. The van der Waals surface area contributed by atoms with E-state index in [0.29, 0.717) is 13.2 Å². The number of guanidine groups is 1. The Hall–Kier alpha value is -2.49. The third kappa shape index (κ3) is 4.74. The van der Waals surface area contributed by atoms with Gasteiger partial charge in [0.05, 0.1) is 6.54 Å². The second-order valence-corrected chi connectivity index (χ2v) is 5.68. The standard InChI is InChI=1S/C19H25N3O/c1-21(2)19(22(3)4)20-14-15-23-18-13-9-8-12-17(18)16-10-6-5-7-11-16/h5-13H,14-15H2,1-4H3. The lowest BCUT2D eigenvalue weighted by Crippen LogP contribution is -2.35. The van der Waals surface area contributed by atoms with E-state index in [9.17, 15) is 0 Å². The van der Waals surface area contributed by atoms with E-state index >= 15 is 0 Å². The molecule has 0 atom stereocenters. The van der Waals surface area contributed by atoms with Gasteiger partial charge in [-0.15, -0.1) is 0 Å². The van der Waals surface area contributed by atoms with E-state index in [-0.39, 0.29) is 0 Å². The summed E-state index contributed by atoms with van der Waals surface area (Å²) in [5, 5.41) is 0. The van der Waals surface area contributed by atoms with Crippen molar-refractivity contribution in [3.05, 3.63) is 54.6 Å². The summed E-state index contributed by atoms with van der Waals surface area (Å²) in [7, 11) is 7.96. The fraction of sp³-hybridized carbons (Fsp3) is 0.316. The Morgan fingerprint density at radius 1 is 0.870 bits per heavy atom. The van der Waals surface area contributed by atoms with Crippen LogP contribution in [-0.4, -0.2) is 57.1 Å². The van der Waals surface area contributed by atoms with Gasteiger partial charge in [-0.05, 0) is 11.6 Å². The Balaban J connectivity index is 2.04. The van der Waals surface area contributed by atoms with Gasteiger partial charge in [0.2, 0.25) is 0 Å². The molecule has 0 heterocycles. The molecule has 0 spiro atoms. The number of aliphatic imine (C=N–C) groups is 1. The van der Waals surface area contributed by atoms with Gasteiger partial charge in [-0.1, -0.05) is 48.5 Å². The smallest absolute Gasteiger partial charge is 0.195 e. The Bertz CT molecular complexity index is 626. The summed E-state index contributed by atoms with van der Waals surface area (Å²) in [6.07, 6.45) is 0. The molecule has 0 aliphatic heterocycles. The molecule has 0 saturated heterocycles. The maximum Gasteiger partial charge on any atom is 0.195 e. The third-order valence-electron chi connectivity index (χ3n) is 3.37. The molecule has 0 aliphatic carbocycles. The number of hydrogen-bond acceptors (Lipinski definition) is 2. The minimum Gasteiger partial charge on any atom is -0.491 e. The van der Waals surface area contributed by atoms with Crippen molar-refractivity contribution in [2.45, 2.75) is 0 Å². The molecule has 0 N–H and O–H groups in total. The SMILES string of the molecule is CN(C)C(=NCCOc1ccccc1-c1ccccc1)N(C)C. The van der Waals surface area contributed by atoms with Crippen molar-refractivity contribution in [3.8, 4) is 16.9 Å². The molecule has 23 heavy (non-hydrogen) atoms. The molecule has 2 rings (SSSR count). The van der Waals surface area contributed by atoms with Gasteiger partial charge >= 0.3 is 0 Å². The fourth-order valence-corrected chi connectivity index (χ4v) is 2.43. The van der Waals surface area contributed by atoms with Crippen molar-refractivity contribution in [2.24, 2.45) is 4.99 Å². The Labute approximate surface area is 139 Å². The quantitative estimate of drug-likeness (QED) is 0.482. The minimum atomic E-state index is 0.551. The monoisotopic (exact) mass is 311 g/mol. The molecule has 0 fully saturated rings. The van der Waals surface area contributed by atoms with Crippen molar-refractivity contribution < 1.29 is 4.74 Å². The van der Waals surface area contributed by atoms with E-state index in [0.717, 1.165) is 22.8 Å². The third-order valence-corrected chi connectivity index (χ3v) is 3.37. The summed E-state index contributed by atoms with van der Waals surface area (Å²) in [6, 6.07) is 18.4. The number of benzene rings is 2. The van der Waals surface area contributed by atoms with Gasteiger partial charge in [0.15, 0.2) is 5.96 Å². The van der Waals surface area contributed by atoms with Crippen LogP contribution in [0.15, 0.2) is 59.6 Å². The van der Waals surface area contributed by atoms with E-state index in [2.05, 4.69) is 23.2 Å². The van der Waals surface area contributed by atoms with Gasteiger partial charge in [-0.3, -0.25) is 0 Å².